The molecule has 0 saturated carbocycles. The van der Waals surface area contributed by atoms with Gasteiger partial charge in [0.05, 0.1) is 11.3 Å². The molecule has 0 aliphatic rings. The van der Waals surface area contributed by atoms with Crippen molar-refractivity contribution in [2.24, 2.45) is 0 Å². The number of carboxylic acid groups (broad SMARTS) is 1. The number of benzene rings is 1. The number of fused-ring (bicyclic) bond motifs is 1. The minimum Gasteiger partial charge on any atom is -0.478 e. The number of nitrogens with zero attached hydrogens (tertiary/aromatic N) is 1. The number of sulfone groups is 1. The van der Waals surface area contributed by atoms with Crippen LogP contribution >= 0.6 is 0 Å². The highest BCUT2D eigenvalue weighted by Gasteiger charge is 2.16. The van der Waals surface area contributed by atoms with Crippen molar-refractivity contribution >= 4 is 26.7 Å². The molecule has 0 atom stereocenters. The Morgan fingerprint density at radius 2 is 1.95 bits per heavy atom. The van der Waals surface area contributed by atoms with Gasteiger partial charge in [-0.3, -0.25) is 0 Å². The topological polar surface area (TPSA) is 76.4 Å². The lowest BCUT2D eigenvalue weighted by Crippen LogP contribution is -2.10. The van der Waals surface area contributed by atoms with Crippen LogP contribution in [0.5, 0.6) is 0 Å². The first-order chi connectivity index (χ1) is 9.19. The smallest absolute Gasteiger partial charge is 0.335 e. The fourth-order valence-electron chi connectivity index (χ4n) is 2.42. The highest BCUT2D eigenvalue weighted by Crippen LogP contribution is 2.26. The van der Waals surface area contributed by atoms with Gasteiger partial charge >= 0.3 is 5.97 Å². The van der Waals surface area contributed by atoms with Crippen LogP contribution in [0.25, 0.3) is 10.9 Å². The van der Waals surface area contributed by atoms with Gasteiger partial charge in [-0.2, -0.15) is 0 Å². The van der Waals surface area contributed by atoms with E-state index in [-0.39, 0.29) is 17.4 Å². The Kier molecular flexibility index (Phi) is 3.60. The Hall–Kier alpha value is -1.82. The molecule has 2 rings (SSSR count). The molecule has 5 nitrogen and oxygen atoms in total. The van der Waals surface area contributed by atoms with Gasteiger partial charge < -0.3 is 9.67 Å². The standard InChI is InChI=1S/C14H17NO4S/c1-9(2)15-12(8-20(3,18)19)7-11-6-10(14(16)17)4-5-13(11)15/h4-7,9H,8H2,1-3H3,(H,16,17). The minimum absolute atomic E-state index is 0.0533. The molecule has 2 aromatic rings. The lowest BCUT2D eigenvalue weighted by Gasteiger charge is -2.14. The lowest BCUT2D eigenvalue weighted by molar-refractivity contribution is 0.0697. The third-order valence-corrected chi connectivity index (χ3v) is 3.91. The second-order valence-corrected chi connectivity index (χ2v) is 7.39. The predicted molar refractivity (Wildman–Crippen MR) is 77.8 cm³/mol. The number of aromatic nitrogens is 1. The summed E-state index contributed by atoms with van der Waals surface area (Å²) in [7, 11) is -3.14. The molecular formula is C14H17NO4S. The number of hydrogen-bond acceptors (Lipinski definition) is 3. The number of rotatable bonds is 4. The summed E-state index contributed by atoms with van der Waals surface area (Å²) >= 11 is 0. The first-order valence-electron chi connectivity index (χ1n) is 6.24. The largest absolute Gasteiger partial charge is 0.478 e. The van der Waals surface area contributed by atoms with Crippen molar-refractivity contribution in [3.8, 4) is 0 Å². The molecule has 1 aromatic carbocycles. The fraction of sp³-hybridized carbons (Fsp3) is 0.357. The number of hydrogen-bond donors (Lipinski definition) is 1. The zero-order valence-corrected chi connectivity index (χ0v) is 12.4. The van der Waals surface area contributed by atoms with Gasteiger partial charge in [0.25, 0.3) is 0 Å². The highest BCUT2D eigenvalue weighted by molar-refractivity contribution is 7.89. The van der Waals surface area contributed by atoms with E-state index in [1.165, 1.54) is 12.3 Å². The molecule has 0 bridgehead atoms. The van der Waals surface area contributed by atoms with E-state index in [1.807, 2.05) is 18.4 Å². The third kappa shape index (κ3) is 2.85. The maximum absolute atomic E-state index is 11.5. The molecule has 20 heavy (non-hydrogen) atoms. The monoisotopic (exact) mass is 295 g/mol. The average Bonchev–Trinajstić information content (AvgIpc) is 2.62. The Labute approximate surface area is 117 Å². The summed E-state index contributed by atoms with van der Waals surface area (Å²) in [5.41, 5.74) is 1.73. The molecule has 0 fully saturated rings. The Morgan fingerprint density at radius 3 is 2.45 bits per heavy atom. The molecule has 1 heterocycles. The summed E-state index contributed by atoms with van der Waals surface area (Å²) in [6.45, 7) is 3.94. The highest BCUT2D eigenvalue weighted by atomic mass is 32.2. The Morgan fingerprint density at radius 1 is 1.30 bits per heavy atom. The molecule has 0 aliphatic carbocycles. The van der Waals surface area contributed by atoms with Crippen molar-refractivity contribution in [2.75, 3.05) is 6.26 Å². The van der Waals surface area contributed by atoms with Gasteiger partial charge in [0.15, 0.2) is 9.84 Å². The minimum atomic E-state index is -3.14. The van der Waals surface area contributed by atoms with Crippen molar-refractivity contribution in [3.05, 3.63) is 35.5 Å². The van der Waals surface area contributed by atoms with Crippen LogP contribution in [-0.2, 0) is 15.6 Å². The van der Waals surface area contributed by atoms with E-state index in [9.17, 15) is 13.2 Å². The van der Waals surface area contributed by atoms with Gasteiger partial charge in [-0.05, 0) is 38.1 Å². The molecule has 1 N–H and O–H groups in total. The van der Waals surface area contributed by atoms with E-state index < -0.39 is 15.8 Å². The predicted octanol–water partition coefficient (Wildman–Crippen LogP) is 2.46. The first kappa shape index (κ1) is 14.6. The van der Waals surface area contributed by atoms with E-state index in [4.69, 9.17) is 5.11 Å². The van der Waals surface area contributed by atoms with Gasteiger partial charge in [0.1, 0.15) is 0 Å². The fourth-order valence-corrected chi connectivity index (χ4v) is 3.18. The second-order valence-electron chi connectivity index (χ2n) is 5.25. The van der Waals surface area contributed by atoms with E-state index in [0.29, 0.717) is 5.69 Å². The molecule has 0 amide bonds. The molecule has 0 aliphatic heterocycles. The zero-order chi connectivity index (χ0) is 15.1. The molecular weight excluding hydrogens is 278 g/mol. The van der Waals surface area contributed by atoms with Crippen LogP contribution in [0.15, 0.2) is 24.3 Å². The summed E-state index contributed by atoms with van der Waals surface area (Å²) in [4.78, 5) is 11.0. The number of carbonyl (C=O) groups is 1. The maximum Gasteiger partial charge on any atom is 0.335 e. The van der Waals surface area contributed by atoms with Gasteiger partial charge in [-0.25, -0.2) is 13.2 Å². The zero-order valence-electron chi connectivity index (χ0n) is 11.6. The van der Waals surface area contributed by atoms with Gasteiger partial charge in [-0.15, -0.1) is 0 Å². The molecule has 0 unspecified atom stereocenters. The van der Waals surface area contributed by atoms with Crippen LogP contribution < -0.4 is 0 Å². The molecule has 0 saturated heterocycles. The van der Waals surface area contributed by atoms with Crippen LogP contribution in [0, 0.1) is 0 Å². The van der Waals surface area contributed by atoms with Crippen LogP contribution in [0.4, 0.5) is 0 Å². The quantitative estimate of drug-likeness (QED) is 0.940. The van der Waals surface area contributed by atoms with Crippen LogP contribution in [0.1, 0.15) is 35.9 Å². The van der Waals surface area contributed by atoms with Gasteiger partial charge in [0, 0.05) is 28.9 Å². The average molecular weight is 295 g/mol. The maximum atomic E-state index is 11.5. The van der Waals surface area contributed by atoms with Gasteiger partial charge in [-0.1, -0.05) is 0 Å². The second kappa shape index (κ2) is 4.94. The summed E-state index contributed by atoms with van der Waals surface area (Å²) < 4.78 is 25.0. The van der Waals surface area contributed by atoms with Crippen molar-refractivity contribution in [2.45, 2.75) is 25.6 Å². The van der Waals surface area contributed by atoms with Gasteiger partial charge in [0.2, 0.25) is 0 Å². The molecule has 6 heteroatoms. The first-order valence-corrected chi connectivity index (χ1v) is 8.30. The summed E-state index contributed by atoms with van der Waals surface area (Å²) in [5.74, 6) is -1.05. The summed E-state index contributed by atoms with van der Waals surface area (Å²) in [6, 6.07) is 6.68. The van der Waals surface area contributed by atoms with Crippen LogP contribution in [0.3, 0.4) is 0 Å². The van der Waals surface area contributed by atoms with E-state index in [2.05, 4.69) is 0 Å². The molecule has 108 valence electrons. The molecule has 1 aromatic heterocycles. The van der Waals surface area contributed by atoms with E-state index in [1.54, 1.807) is 18.2 Å². The lowest BCUT2D eigenvalue weighted by atomic mass is 10.1. The summed E-state index contributed by atoms with van der Waals surface area (Å²) in [6.07, 6.45) is 1.19. The van der Waals surface area contributed by atoms with E-state index in [0.717, 1.165) is 10.9 Å². The van der Waals surface area contributed by atoms with Crippen molar-refractivity contribution in [1.29, 1.82) is 0 Å². The van der Waals surface area contributed by atoms with Crippen molar-refractivity contribution in [3.63, 3.8) is 0 Å². The van der Waals surface area contributed by atoms with E-state index >= 15 is 0 Å². The SMILES string of the molecule is CC(C)n1c(CS(C)(=O)=O)cc2cc(C(=O)O)ccc21. The van der Waals surface area contributed by atoms with Crippen molar-refractivity contribution < 1.29 is 18.3 Å². The third-order valence-electron chi connectivity index (χ3n) is 3.09. The van der Waals surface area contributed by atoms with Crippen LogP contribution in [0.2, 0.25) is 0 Å². The Bertz CT molecular complexity index is 772. The number of aromatic carboxylic acids is 1. The number of carboxylic acids is 1. The molecule has 0 radical (unpaired) electrons. The van der Waals surface area contributed by atoms with Crippen LogP contribution in [-0.4, -0.2) is 30.3 Å². The van der Waals surface area contributed by atoms with Crippen molar-refractivity contribution in [1.82, 2.24) is 4.57 Å². The normalized spacial score (nSPS) is 12.2. The Balaban J connectivity index is 2.68. The molecule has 0 spiro atoms. The summed E-state index contributed by atoms with van der Waals surface area (Å²) in [5, 5.41) is 9.76.